The fraction of sp³-hybridized carbons (Fsp3) is 0.357. The van der Waals surface area contributed by atoms with Crippen molar-refractivity contribution < 1.29 is 10.2 Å². The van der Waals surface area contributed by atoms with E-state index in [1.807, 2.05) is 62.9 Å². The summed E-state index contributed by atoms with van der Waals surface area (Å²) in [6.45, 7) is 8.90. The number of hydrogen-bond donors (Lipinski definition) is 4. The summed E-state index contributed by atoms with van der Waals surface area (Å²) >= 11 is 0. The first-order chi connectivity index (χ1) is 17.5. The molecule has 4 rings (SSSR count). The Morgan fingerprint density at radius 1 is 0.778 bits per heavy atom. The smallest absolute Gasteiger partial charge is 0.314 e. The number of phenols is 2. The van der Waals surface area contributed by atoms with Crippen molar-refractivity contribution in [3.63, 3.8) is 0 Å². The lowest BCUT2D eigenvalue weighted by Gasteiger charge is -2.19. The highest BCUT2D eigenvalue weighted by Gasteiger charge is 2.43. The molecule has 0 fully saturated rings. The first-order valence-corrected chi connectivity index (χ1v) is 12.5. The van der Waals surface area contributed by atoms with Crippen molar-refractivity contribution in [1.29, 1.82) is 0 Å². The predicted molar refractivity (Wildman–Crippen MR) is 147 cm³/mol. The fourth-order valence-corrected chi connectivity index (χ4v) is 4.38. The minimum atomic E-state index is 0.0897. The second-order valence-electron chi connectivity index (χ2n) is 9.16. The zero-order valence-electron chi connectivity index (χ0n) is 21.3. The van der Waals surface area contributed by atoms with Crippen molar-refractivity contribution in [1.82, 2.24) is 19.8 Å². The summed E-state index contributed by atoms with van der Waals surface area (Å²) in [5.41, 5.74) is 3.52. The van der Waals surface area contributed by atoms with Crippen molar-refractivity contribution in [3.05, 3.63) is 72.3 Å². The maximum Gasteiger partial charge on any atom is 0.314 e. The standard InChI is InChI=1S/C28H36N6O2/c1-4-5-24(27-31-12-16-33(27)14-10-29-22-8-6-20(2)25(35)18-22)28-32-13-17-34(28)15-11-30-23-9-7-21(3)26(36)19-23/h6-9,12-13,16-19,24,29-30,35-36H,4-5,10-11,14-15H2,1-3H3/q+2. The number of aryl methyl sites for hydroxylation is 2. The van der Waals surface area contributed by atoms with Crippen LogP contribution in [0.4, 0.5) is 11.4 Å². The van der Waals surface area contributed by atoms with Crippen molar-refractivity contribution in [2.75, 3.05) is 36.8 Å². The zero-order valence-corrected chi connectivity index (χ0v) is 21.3. The van der Waals surface area contributed by atoms with Gasteiger partial charge in [-0.3, -0.25) is 0 Å². The SMILES string of the molecule is CCCC(C1=[N+]C=CN1CCNc1ccc(C)c(O)c1)C1=[N+]C=CN1CCNc1ccc(C)c(O)c1. The Labute approximate surface area is 213 Å². The summed E-state index contributed by atoms with van der Waals surface area (Å²) in [5, 5.41) is 26.7. The average molecular weight is 489 g/mol. The highest BCUT2D eigenvalue weighted by molar-refractivity contribution is 6.06. The molecule has 4 N–H and O–H groups in total. The van der Waals surface area contributed by atoms with Gasteiger partial charge in [0.2, 0.25) is 0 Å². The largest absolute Gasteiger partial charge is 0.508 e. The third-order valence-corrected chi connectivity index (χ3v) is 6.48. The van der Waals surface area contributed by atoms with Crippen LogP contribution in [-0.2, 0) is 0 Å². The molecule has 8 heteroatoms. The van der Waals surface area contributed by atoms with Crippen LogP contribution in [-0.4, -0.2) is 57.9 Å². The summed E-state index contributed by atoms with van der Waals surface area (Å²) in [6, 6.07) is 11.3. The summed E-state index contributed by atoms with van der Waals surface area (Å²) < 4.78 is 0. The molecule has 36 heavy (non-hydrogen) atoms. The number of nitrogens with one attached hydrogen (secondary N) is 2. The van der Waals surface area contributed by atoms with Crippen LogP contribution >= 0.6 is 0 Å². The van der Waals surface area contributed by atoms with Crippen LogP contribution in [0, 0.1) is 19.8 Å². The van der Waals surface area contributed by atoms with Crippen LogP contribution in [0.1, 0.15) is 30.9 Å². The van der Waals surface area contributed by atoms with Gasteiger partial charge in [-0.2, -0.15) is 0 Å². The number of amidine groups is 2. The molecule has 0 aromatic heterocycles. The van der Waals surface area contributed by atoms with Gasteiger partial charge < -0.3 is 20.8 Å². The molecule has 0 atom stereocenters. The second kappa shape index (κ2) is 11.7. The maximum absolute atomic E-state index is 9.96. The lowest BCUT2D eigenvalue weighted by molar-refractivity contribution is 0.471. The molecule has 2 aliphatic rings. The molecule has 2 aromatic carbocycles. The van der Waals surface area contributed by atoms with E-state index in [1.54, 1.807) is 12.1 Å². The van der Waals surface area contributed by atoms with Crippen LogP contribution in [0.2, 0.25) is 0 Å². The van der Waals surface area contributed by atoms with E-state index in [0.717, 1.165) is 60.1 Å². The first kappa shape index (κ1) is 25.2. The molecule has 8 nitrogen and oxygen atoms in total. The Morgan fingerprint density at radius 2 is 1.25 bits per heavy atom. The Kier molecular flexibility index (Phi) is 8.15. The number of aliphatic imine (C=N–C) groups is 2. The van der Waals surface area contributed by atoms with Gasteiger partial charge in [-0.25, -0.2) is 9.80 Å². The molecule has 0 saturated heterocycles. The van der Waals surface area contributed by atoms with Crippen LogP contribution in [0.15, 0.2) is 61.2 Å². The molecule has 0 spiro atoms. The number of hydrogen-bond acceptors (Lipinski definition) is 8. The van der Waals surface area contributed by atoms with Gasteiger partial charge in [0.1, 0.15) is 37.0 Å². The molecular formula is C28H36N6O2+2. The minimum Gasteiger partial charge on any atom is -0.508 e. The second-order valence-corrected chi connectivity index (χ2v) is 9.16. The molecule has 0 unspecified atom stereocenters. The Hall–Kier alpha value is -3.94. The topological polar surface area (TPSA) is 99.2 Å². The van der Waals surface area contributed by atoms with E-state index in [1.165, 1.54) is 0 Å². The number of rotatable bonds is 12. The lowest BCUT2D eigenvalue weighted by Crippen LogP contribution is -2.44. The molecule has 0 bridgehead atoms. The third-order valence-electron chi connectivity index (χ3n) is 6.48. The zero-order chi connectivity index (χ0) is 25.5. The van der Waals surface area contributed by atoms with Crippen LogP contribution in [0.3, 0.4) is 0 Å². The number of benzene rings is 2. The minimum absolute atomic E-state index is 0.0897. The van der Waals surface area contributed by atoms with Crippen LogP contribution < -0.4 is 20.6 Å². The Balaban J connectivity index is 1.35. The van der Waals surface area contributed by atoms with Crippen LogP contribution in [0.25, 0.3) is 0 Å². The highest BCUT2D eigenvalue weighted by atomic mass is 16.3. The van der Waals surface area contributed by atoms with E-state index in [-0.39, 0.29) is 5.92 Å². The number of aromatic hydroxyl groups is 2. The van der Waals surface area contributed by atoms with Gasteiger partial charge >= 0.3 is 11.7 Å². The van der Waals surface area contributed by atoms with E-state index in [0.29, 0.717) is 24.6 Å². The summed E-state index contributed by atoms with van der Waals surface area (Å²) in [5.74, 6) is 2.70. The lowest BCUT2D eigenvalue weighted by atomic mass is 9.99. The molecule has 188 valence electrons. The molecule has 2 aromatic rings. The molecule has 0 aliphatic carbocycles. The molecule has 2 aliphatic heterocycles. The molecule has 2 radical (unpaired) electrons. The molecule has 0 saturated carbocycles. The monoisotopic (exact) mass is 488 g/mol. The van der Waals surface area contributed by atoms with Gasteiger partial charge in [0, 0.05) is 23.5 Å². The molecule has 2 heterocycles. The summed E-state index contributed by atoms with van der Waals surface area (Å²) in [7, 11) is 0. The van der Waals surface area contributed by atoms with Gasteiger partial charge in [0.25, 0.3) is 0 Å². The van der Waals surface area contributed by atoms with E-state index < -0.39 is 0 Å². The average Bonchev–Trinajstić information content (AvgIpc) is 3.52. The van der Waals surface area contributed by atoms with E-state index in [4.69, 9.17) is 9.98 Å². The Bertz CT molecular complexity index is 1100. The highest BCUT2D eigenvalue weighted by Crippen LogP contribution is 2.23. The predicted octanol–water partition coefficient (Wildman–Crippen LogP) is 3.70. The summed E-state index contributed by atoms with van der Waals surface area (Å²) in [4.78, 5) is 13.8. The van der Waals surface area contributed by atoms with Gasteiger partial charge in [0.15, 0.2) is 18.3 Å². The Morgan fingerprint density at radius 3 is 1.67 bits per heavy atom. The number of anilines is 2. The van der Waals surface area contributed by atoms with Gasteiger partial charge in [-0.15, -0.1) is 0 Å². The molecular weight excluding hydrogens is 452 g/mol. The number of nitrogens with zero attached hydrogens (tertiary/aromatic N) is 4. The van der Waals surface area contributed by atoms with E-state index in [9.17, 15) is 10.2 Å². The van der Waals surface area contributed by atoms with Crippen molar-refractivity contribution in [2.45, 2.75) is 33.6 Å². The van der Waals surface area contributed by atoms with Crippen molar-refractivity contribution in [3.8, 4) is 11.5 Å². The number of phenolic OH excluding ortho intramolecular Hbond substituents is 2. The van der Waals surface area contributed by atoms with Crippen molar-refractivity contribution >= 4 is 23.0 Å². The van der Waals surface area contributed by atoms with E-state index in [2.05, 4.69) is 27.4 Å². The first-order valence-electron chi connectivity index (χ1n) is 12.5. The van der Waals surface area contributed by atoms with Crippen molar-refractivity contribution in [2.24, 2.45) is 5.92 Å². The van der Waals surface area contributed by atoms with Gasteiger partial charge in [-0.1, -0.05) is 25.5 Å². The third kappa shape index (κ3) is 6.00. The normalized spacial score (nSPS) is 14.6. The quantitative estimate of drug-likeness (QED) is 0.364. The summed E-state index contributed by atoms with van der Waals surface area (Å²) in [6.07, 6.45) is 9.72. The van der Waals surface area contributed by atoms with Gasteiger partial charge in [-0.05, 0) is 53.5 Å². The van der Waals surface area contributed by atoms with Crippen LogP contribution in [0.5, 0.6) is 11.5 Å². The fourth-order valence-electron chi connectivity index (χ4n) is 4.38. The van der Waals surface area contributed by atoms with E-state index >= 15 is 0 Å². The maximum atomic E-state index is 9.96. The molecule has 0 amide bonds. The van der Waals surface area contributed by atoms with Gasteiger partial charge in [0.05, 0.1) is 13.1 Å².